The van der Waals surface area contributed by atoms with E-state index >= 15 is 0 Å². The van der Waals surface area contributed by atoms with Crippen LogP contribution in [0.4, 0.5) is 0 Å². The minimum Gasteiger partial charge on any atom is -0.367 e. The Labute approximate surface area is 66.1 Å². The second kappa shape index (κ2) is 4.31. The molecule has 1 unspecified atom stereocenters. The third kappa shape index (κ3) is 2.86. The molecule has 3 N–H and O–H groups in total. The first kappa shape index (κ1) is 8.49. The Balaban J connectivity index is 2.32. The van der Waals surface area contributed by atoms with E-state index in [1.54, 1.807) is 0 Å². The van der Waals surface area contributed by atoms with Gasteiger partial charge < -0.3 is 15.8 Å². The lowest BCUT2D eigenvalue weighted by molar-refractivity contribution is -0.129. The molecule has 0 aromatic carbocycles. The fraction of sp³-hybridized carbons (Fsp3) is 0.857. The topological polar surface area (TPSA) is 64.4 Å². The van der Waals surface area contributed by atoms with Crippen molar-refractivity contribution < 1.29 is 9.53 Å². The van der Waals surface area contributed by atoms with Crippen molar-refractivity contribution in [1.29, 1.82) is 0 Å². The van der Waals surface area contributed by atoms with Crippen molar-refractivity contribution in [3.63, 3.8) is 0 Å². The molecular weight excluding hydrogens is 144 g/mol. The Kier molecular flexibility index (Phi) is 3.32. The highest BCUT2D eigenvalue weighted by molar-refractivity contribution is 5.79. The Morgan fingerprint density at radius 3 is 3.09 bits per heavy atom. The van der Waals surface area contributed by atoms with Gasteiger partial charge in [-0.15, -0.1) is 0 Å². The lowest BCUT2D eigenvalue weighted by Crippen LogP contribution is -2.41. The molecule has 0 aromatic heterocycles. The smallest absolute Gasteiger partial charge is 0.247 e. The van der Waals surface area contributed by atoms with Crippen LogP contribution in [0.5, 0.6) is 0 Å². The van der Waals surface area contributed by atoms with Crippen LogP contribution >= 0.6 is 0 Å². The van der Waals surface area contributed by atoms with Gasteiger partial charge in [0.2, 0.25) is 5.91 Å². The molecule has 64 valence electrons. The van der Waals surface area contributed by atoms with E-state index in [0.717, 1.165) is 19.4 Å². The van der Waals surface area contributed by atoms with Crippen LogP contribution in [0.15, 0.2) is 0 Å². The average molecular weight is 158 g/mol. The number of rotatable bonds is 1. The summed E-state index contributed by atoms with van der Waals surface area (Å²) in [5, 5.41) is 3.09. The van der Waals surface area contributed by atoms with Crippen molar-refractivity contribution in [2.24, 2.45) is 5.73 Å². The third-order valence-electron chi connectivity index (χ3n) is 1.71. The van der Waals surface area contributed by atoms with Crippen LogP contribution in [0.2, 0.25) is 0 Å². The molecule has 1 aliphatic rings. The highest BCUT2D eigenvalue weighted by Crippen LogP contribution is 1.98. The Morgan fingerprint density at radius 1 is 1.55 bits per heavy atom. The third-order valence-corrected chi connectivity index (χ3v) is 1.71. The van der Waals surface area contributed by atoms with Gasteiger partial charge >= 0.3 is 0 Å². The van der Waals surface area contributed by atoms with Gasteiger partial charge in [-0.05, 0) is 19.4 Å². The second-order valence-corrected chi connectivity index (χ2v) is 2.67. The fourth-order valence-corrected chi connectivity index (χ4v) is 1.05. The first-order valence-corrected chi connectivity index (χ1v) is 3.92. The molecular formula is C7H14N2O2. The van der Waals surface area contributed by atoms with E-state index in [9.17, 15) is 4.79 Å². The number of nitrogens with one attached hydrogen (secondary N) is 1. The summed E-state index contributed by atoms with van der Waals surface area (Å²) < 4.78 is 5.21. The Hall–Kier alpha value is -0.610. The molecule has 4 heteroatoms. The largest absolute Gasteiger partial charge is 0.367 e. The lowest BCUT2D eigenvalue weighted by Gasteiger charge is -2.18. The number of carbonyl (C=O) groups excluding carboxylic acids is 1. The van der Waals surface area contributed by atoms with Crippen LogP contribution in [0.3, 0.4) is 0 Å². The number of carbonyl (C=O) groups is 1. The lowest BCUT2D eigenvalue weighted by atomic mass is 10.2. The average Bonchev–Trinajstić information content (AvgIpc) is 1.84. The minimum atomic E-state index is -0.435. The van der Waals surface area contributed by atoms with Crippen molar-refractivity contribution in [2.45, 2.75) is 18.9 Å². The van der Waals surface area contributed by atoms with Crippen molar-refractivity contribution in [1.82, 2.24) is 5.32 Å². The van der Waals surface area contributed by atoms with E-state index in [1.807, 2.05) is 0 Å². The molecule has 1 atom stereocenters. The van der Waals surface area contributed by atoms with E-state index in [0.29, 0.717) is 13.2 Å². The van der Waals surface area contributed by atoms with E-state index < -0.39 is 6.10 Å². The number of hydrogen-bond acceptors (Lipinski definition) is 3. The number of nitrogens with two attached hydrogens (primary N) is 1. The summed E-state index contributed by atoms with van der Waals surface area (Å²) in [4.78, 5) is 10.7. The normalized spacial score (nSPS) is 27.1. The second-order valence-electron chi connectivity index (χ2n) is 2.67. The molecule has 1 aliphatic heterocycles. The molecule has 1 heterocycles. The zero-order valence-corrected chi connectivity index (χ0v) is 6.51. The van der Waals surface area contributed by atoms with Crippen LogP contribution in [0, 0.1) is 0 Å². The molecule has 1 fully saturated rings. The summed E-state index contributed by atoms with van der Waals surface area (Å²) in [5.41, 5.74) is 5.08. The van der Waals surface area contributed by atoms with Crippen LogP contribution in [-0.2, 0) is 9.53 Å². The van der Waals surface area contributed by atoms with E-state index in [2.05, 4.69) is 5.32 Å². The number of primary amides is 1. The highest BCUT2D eigenvalue weighted by Gasteiger charge is 2.15. The van der Waals surface area contributed by atoms with Gasteiger partial charge in [-0.1, -0.05) is 0 Å². The Morgan fingerprint density at radius 2 is 2.36 bits per heavy atom. The Bertz CT molecular complexity index is 130. The monoisotopic (exact) mass is 158 g/mol. The van der Waals surface area contributed by atoms with Crippen LogP contribution < -0.4 is 11.1 Å². The predicted molar refractivity (Wildman–Crippen MR) is 41.0 cm³/mol. The standard InChI is InChI=1S/C7H14N2O2/c8-7(10)6-5-9-3-1-2-4-11-6/h6,9H,1-5H2,(H2,8,10). The van der Waals surface area contributed by atoms with E-state index in [1.165, 1.54) is 0 Å². The number of amides is 1. The maximum Gasteiger partial charge on any atom is 0.247 e. The maximum atomic E-state index is 10.7. The highest BCUT2D eigenvalue weighted by atomic mass is 16.5. The SMILES string of the molecule is NC(=O)C1CNCCCCO1. The van der Waals surface area contributed by atoms with Crippen molar-refractivity contribution in [3.05, 3.63) is 0 Å². The fourth-order valence-electron chi connectivity index (χ4n) is 1.05. The van der Waals surface area contributed by atoms with Gasteiger partial charge in [0, 0.05) is 13.2 Å². The van der Waals surface area contributed by atoms with Crippen LogP contribution in [0.1, 0.15) is 12.8 Å². The van der Waals surface area contributed by atoms with Gasteiger partial charge in [0.1, 0.15) is 6.10 Å². The first-order chi connectivity index (χ1) is 5.30. The van der Waals surface area contributed by atoms with Crippen molar-refractivity contribution >= 4 is 5.91 Å². The molecule has 0 aliphatic carbocycles. The van der Waals surface area contributed by atoms with Gasteiger partial charge in [-0.3, -0.25) is 4.79 Å². The zero-order valence-electron chi connectivity index (χ0n) is 6.51. The van der Waals surface area contributed by atoms with Gasteiger partial charge in [0.05, 0.1) is 0 Å². The number of hydrogen-bond donors (Lipinski definition) is 2. The van der Waals surface area contributed by atoms with Gasteiger partial charge in [-0.2, -0.15) is 0 Å². The molecule has 1 rings (SSSR count). The molecule has 0 aromatic rings. The minimum absolute atomic E-state index is 0.376. The van der Waals surface area contributed by atoms with Crippen molar-refractivity contribution in [3.8, 4) is 0 Å². The van der Waals surface area contributed by atoms with Crippen LogP contribution in [-0.4, -0.2) is 31.7 Å². The maximum absolute atomic E-state index is 10.7. The predicted octanol–water partition coefficient (Wildman–Crippen LogP) is -0.760. The van der Waals surface area contributed by atoms with Crippen LogP contribution in [0.25, 0.3) is 0 Å². The molecule has 0 spiro atoms. The molecule has 0 bridgehead atoms. The summed E-state index contributed by atoms with van der Waals surface area (Å²) in [6, 6.07) is 0. The van der Waals surface area contributed by atoms with E-state index in [4.69, 9.17) is 10.5 Å². The summed E-state index contributed by atoms with van der Waals surface area (Å²) in [6.45, 7) is 2.15. The summed E-state index contributed by atoms with van der Waals surface area (Å²) in [5.74, 6) is -0.376. The quantitative estimate of drug-likeness (QED) is 0.527. The molecule has 4 nitrogen and oxygen atoms in total. The molecule has 0 saturated carbocycles. The number of ether oxygens (including phenoxy) is 1. The molecule has 11 heavy (non-hydrogen) atoms. The van der Waals surface area contributed by atoms with Crippen molar-refractivity contribution in [2.75, 3.05) is 19.7 Å². The summed E-state index contributed by atoms with van der Waals surface area (Å²) in [7, 11) is 0. The van der Waals surface area contributed by atoms with Gasteiger partial charge in [-0.25, -0.2) is 0 Å². The van der Waals surface area contributed by atoms with Gasteiger partial charge in [0.15, 0.2) is 0 Å². The first-order valence-electron chi connectivity index (χ1n) is 3.92. The van der Waals surface area contributed by atoms with E-state index in [-0.39, 0.29) is 5.91 Å². The zero-order chi connectivity index (χ0) is 8.10. The molecule has 0 radical (unpaired) electrons. The summed E-state index contributed by atoms with van der Waals surface area (Å²) >= 11 is 0. The molecule has 1 amide bonds. The summed E-state index contributed by atoms with van der Waals surface area (Å²) in [6.07, 6.45) is 1.66. The van der Waals surface area contributed by atoms with Gasteiger partial charge in [0.25, 0.3) is 0 Å². The molecule has 1 saturated heterocycles.